The van der Waals surface area contributed by atoms with Crippen LogP contribution < -0.4 is 9.64 Å². The second kappa shape index (κ2) is 7.40. The fraction of sp³-hybridized carbons (Fsp3) is 0.333. The molecule has 27 heavy (non-hydrogen) atoms. The average molecular weight is 387 g/mol. The normalized spacial score (nSPS) is 14.6. The topological polar surface area (TPSA) is 75.9 Å². The maximum Gasteiger partial charge on any atom is 0.260 e. The van der Waals surface area contributed by atoms with Crippen molar-refractivity contribution in [2.24, 2.45) is 0 Å². The predicted molar refractivity (Wildman–Crippen MR) is 101 cm³/mol. The van der Waals surface area contributed by atoms with E-state index in [1.165, 1.54) is 0 Å². The number of amides is 1. The highest BCUT2D eigenvalue weighted by atomic mass is 35.5. The Morgan fingerprint density at radius 1 is 1.07 bits per heavy atom. The molecule has 4 rings (SSSR count). The molecule has 1 saturated heterocycles. The van der Waals surface area contributed by atoms with E-state index in [4.69, 9.17) is 16.3 Å². The maximum atomic E-state index is 12.4. The van der Waals surface area contributed by atoms with Crippen LogP contribution in [0, 0.1) is 6.92 Å². The van der Waals surface area contributed by atoms with Crippen LogP contribution in [0.25, 0.3) is 5.65 Å². The highest BCUT2D eigenvalue weighted by molar-refractivity contribution is 6.30. The number of aromatic nitrogens is 4. The average Bonchev–Trinajstić information content (AvgIpc) is 3.08. The smallest absolute Gasteiger partial charge is 0.260 e. The Morgan fingerprint density at radius 2 is 1.81 bits per heavy atom. The van der Waals surface area contributed by atoms with Crippen molar-refractivity contribution in [3.8, 4) is 5.75 Å². The van der Waals surface area contributed by atoms with Gasteiger partial charge in [0.05, 0.1) is 0 Å². The molecule has 0 unspecified atom stereocenters. The highest BCUT2D eigenvalue weighted by Crippen LogP contribution is 2.17. The summed E-state index contributed by atoms with van der Waals surface area (Å²) in [4.78, 5) is 16.4. The Labute approximate surface area is 161 Å². The first-order valence-electron chi connectivity index (χ1n) is 8.70. The zero-order valence-electron chi connectivity index (χ0n) is 14.9. The third kappa shape index (κ3) is 3.80. The minimum Gasteiger partial charge on any atom is -0.484 e. The summed E-state index contributed by atoms with van der Waals surface area (Å²) < 4.78 is 7.28. The lowest BCUT2D eigenvalue weighted by molar-refractivity contribution is -0.133. The van der Waals surface area contributed by atoms with Gasteiger partial charge in [-0.3, -0.25) is 4.79 Å². The molecule has 1 aromatic carbocycles. The van der Waals surface area contributed by atoms with Crippen LogP contribution in [0.1, 0.15) is 5.82 Å². The number of anilines is 1. The summed E-state index contributed by atoms with van der Waals surface area (Å²) in [6.07, 6.45) is 0. The lowest BCUT2D eigenvalue weighted by atomic mass is 10.3. The third-order valence-electron chi connectivity index (χ3n) is 4.54. The number of piperazine rings is 1. The van der Waals surface area contributed by atoms with Crippen LogP contribution in [0.2, 0.25) is 5.02 Å². The van der Waals surface area contributed by atoms with Gasteiger partial charge in [0.1, 0.15) is 11.6 Å². The summed E-state index contributed by atoms with van der Waals surface area (Å²) in [7, 11) is 0. The zero-order chi connectivity index (χ0) is 18.8. The number of nitrogens with zero attached hydrogens (tertiary/aromatic N) is 6. The van der Waals surface area contributed by atoms with Gasteiger partial charge < -0.3 is 14.5 Å². The summed E-state index contributed by atoms with van der Waals surface area (Å²) in [6.45, 7) is 4.58. The number of carbonyl (C=O) groups excluding carboxylic acids is 1. The molecule has 8 nitrogen and oxygen atoms in total. The minimum atomic E-state index is -0.0253. The molecule has 140 valence electrons. The van der Waals surface area contributed by atoms with Gasteiger partial charge >= 0.3 is 0 Å². The van der Waals surface area contributed by atoms with Crippen LogP contribution in [-0.4, -0.2) is 63.4 Å². The summed E-state index contributed by atoms with van der Waals surface area (Å²) in [6, 6.07) is 10.8. The molecule has 0 radical (unpaired) electrons. The molecule has 3 heterocycles. The van der Waals surface area contributed by atoms with Gasteiger partial charge in [0.2, 0.25) is 0 Å². The summed E-state index contributed by atoms with van der Waals surface area (Å²) >= 11 is 5.85. The van der Waals surface area contributed by atoms with Crippen molar-refractivity contribution in [1.29, 1.82) is 0 Å². The summed E-state index contributed by atoms with van der Waals surface area (Å²) in [5, 5.41) is 13.3. The first-order valence-corrected chi connectivity index (χ1v) is 9.08. The van der Waals surface area contributed by atoms with Gasteiger partial charge in [-0.05, 0) is 43.3 Å². The molecule has 3 aromatic rings. The molecule has 9 heteroatoms. The number of rotatable bonds is 4. The van der Waals surface area contributed by atoms with Gasteiger partial charge in [0, 0.05) is 31.2 Å². The Hall–Kier alpha value is -2.87. The standard InChI is InChI=1S/C18H19ClN6O2/c1-13-20-21-16-6-7-17(22-25(13)16)23-8-10-24(11-9-23)18(26)12-27-15-4-2-14(19)3-5-15/h2-7H,8-12H2,1H3. The largest absolute Gasteiger partial charge is 0.484 e. The van der Waals surface area contributed by atoms with E-state index in [1.807, 2.05) is 24.0 Å². The number of ether oxygens (including phenoxy) is 1. The van der Waals surface area contributed by atoms with Crippen molar-refractivity contribution in [3.63, 3.8) is 0 Å². The number of fused-ring (bicyclic) bond motifs is 1. The molecule has 0 spiro atoms. The quantitative estimate of drug-likeness (QED) is 0.680. The van der Waals surface area contributed by atoms with E-state index in [9.17, 15) is 4.79 Å². The van der Waals surface area contributed by atoms with Crippen LogP contribution in [0.4, 0.5) is 5.82 Å². The predicted octanol–water partition coefficient (Wildman–Crippen LogP) is 1.81. The molecule has 1 amide bonds. The van der Waals surface area contributed by atoms with Crippen LogP contribution in [0.3, 0.4) is 0 Å². The van der Waals surface area contributed by atoms with E-state index >= 15 is 0 Å². The molecule has 1 aliphatic rings. The van der Waals surface area contributed by atoms with Crippen molar-refractivity contribution < 1.29 is 9.53 Å². The number of aryl methyl sites for hydroxylation is 1. The highest BCUT2D eigenvalue weighted by Gasteiger charge is 2.22. The van der Waals surface area contributed by atoms with Crippen molar-refractivity contribution in [3.05, 3.63) is 47.2 Å². The Bertz CT molecular complexity index is 950. The van der Waals surface area contributed by atoms with Gasteiger partial charge in [-0.2, -0.15) is 4.52 Å². The Kier molecular flexibility index (Phi) is 4.81. The molecule has 0 bridgehead atoms. The second-order valence-electron chi connectivity index (χ2n) is 6.32. The molecule has 0 aliphatic carbocycles. The van der Waals surface area contributed by atoms with E-state index in [2.05, 4.69) is 20.2 Å². The van der Waals surface area contributed by atoms with Gasteiger partial charge in [-0.25, -0.2) is 0 Å². The van der Waals surface area contributed by atoms with Gasteiger partial charge in [-0.15, -0.1) is 15.3 Å². The van der Waals surface area contributed by atoms with Gasteiger partial charge in [0.15, 0.2) is 18.1 Å². The van der Waals surface area contributed by atoms with Gasteiger partial charge in [-0.1, -0.05) is 11.6 Å². The lowest BCUT2D eigenvalue weighted by Gasteiger charge is -2.35. The van der Waals surface area contributed by atoms with E-state index < -0.39 is 0 Å². The van der Waals surface area contributed by atoms with Crippen LogP contribution in [0.5, 0.6) is 5.75 Å². The number of carbonyl (C=O) groups is 1. The Morgan fingerprint density at radius 3 is 2.56 bits per heavy atom. The third-order valence-corrected chi connectivity index (χ3v) is 4.79. The number of benzene rings is 1. The molecule has 0 saturated carbocycles. The summed E-state index contributed by atoms with van der Waals surface area (Å²) in [5.74, 6) is 2.21. The van der Waals surface area contributed by atoms with Crippen molar-refractivity contribution in [2.75, 3.05) is 37.7 Å². The molecule has 1 aliphatic heterocycles. The van der Waals surface area contributed by atoms with E-state index in [0.717, 1.165) is 17.3 Å². The number of hydrogen-bond acceptors (Lipinski definition) is 6. The van der Waals surface area contributed by atoms with Crippen LogP contribution in [0.15, 0.2) is 36.4 Å². The van der Waals surface area contributed by atoms with Crippen molar-refractivity contribution >= 4 is 29.0 Å². The first kappa shape index (κ1) is 17.5. The van der Waals surface area contributed by atoms with E-state index in [0.29, 0.717) is 37.0 Å². The fourth-order valence-electron chi connectivity index (χ4n) is 3.01. The maximum absolute atomic E-state index is 12.4. The molecular formula is C18H19ClN6O2. The fourth-order valence-corrected chi connectivity index (χ4v) is 3.13. The SMILES string of the molecule is Cc1nnc2ccc(N3CCN(C(=O)COc4ccc(Cl)cc4)CC3)nn12. The second-order valence-corrected chi connectivity index (χ2v) is 6.76. The first-order chi connectivity index (χ1) is 13.1. The van der Waals surface area contributed by atoms with E-state index in [-0.39, 0.29) is 12.5 Å². The lowest BCUT2D eigenvalue weighted by Crippen LogP contribution is -2.50. The van der Waals surface area contributed by atoms with E-state index in [1.54, 1.807) is 28.8 Å². The van der Waals surface area contributed by atoms with Crippen LogP contribution in [-0.2, 0) is 4.79 Å². The van der Waals surface area contributed by atoms with Crippen molar-refractivity contribution in [2.45, 2.75) is 6.92 Å². The molecular weight excluding hydrogens is 368 g/mol. The van der Waals surface area contributed by atoms with Gasteiger partial charge in [0.25, 0.3) is 5.91 Å². The molecule has 0 atom stereocenters. The number of hydrogen-bond donors (Lipinski definition) is 0. The molecule has 0 N–H and O–H groups in total. The number of halogens is 1. The monoisotopic (exact) mass is 386 g/mol. The van der Waals surface area contributed by atoms with Crippen molar-refractivity contribution in [1.82, 2.24) is 24.7 Å². The minimum absolute atomic E-state index is 0.0196. The Balaban J connectivity index is 1.33. The zero-order valence-corrected chi connectivity index (χ0v) is 15.6. The molecule has 1 fully saturated rings. The summed E-state index contributed by atoms with van der Waals surface area (Å²) in [5.41, 5.74) is 0.726. The van der Waals surface area contributed by atoms with Crippen LogP contribution >= 0.6 is 11.6 Å². The molecule has 2 aromatic heterocycles.